The first-order valence-electron chi connectivity index (χ1n) is 9.33. The van der Waals surface area contributed by atoms with Gasteiger partial charge in [-0.05, 0) is 82.3 Å². The largest absolute Gasteiger partial charge is 0.493 e. The fourth-order valence-corrected chi connectivity index (χ4v) is 3.81. The lowest BCUT2D eigenvalue weighted by Gasteiger charge is -2.14. The number of nitrogens with zero attached hydrogens (tertiary/aromatic N) is 1. The van der Waals surface area contributed by atoms with Gasteiger partial charge in [0.2, 0.25) is 0 Å². The second kappa shape index (κ2) is 11.4. The lowest BCUT2D eigenvalue weighted by molar-refractivity contribution is -0.112. The van der Waals surface area contributed by atoms with E-state index in [4.69, 9.17) is 21.1 Å². The Morgan fingerprint density at radius 1 is 1.22 bits per heavy atom. The molecule has 0 heterocycles. The van der Waals surface area contributed by atoms with Crippen LogP contribution in [0.15, 0.2) is 70.7 Å². The summed E-state index contributed by atoms with van der Waals surface area (Å²) in [5.74, 6) is 0.264. The molecule has 32 heavy (non-hydrogen) atoms. The quantitative estimate of drug-likeness (QED) is 0.178. The summed E-state index contributed by atoms with van der Waals surface area (Å²) in [6.07, 6.45) is 1.45. The Morgan fingerprint density at radius 2 is 1.97 bits per heavy atom. The number of carbonyl (C=O) groups excluding carboxylic acids is 1. The van der Waals surface area contributed by atoms with Crippen molar-refractivity contribution in [2.24, 2.45) is 0 Å². The molecule has 0 aliphatic heterocycles. The molecule has 0 aliphatic rings. The maximum atomic E-state index is 12.5. The van der Waals surface area contributed by atoms with Crippen LogP contribution in [0.4, 0.5) is 5.69 Å². The van der Waals surface area contributed by atoms with Crippen LogP contribution in [0.2, 0.25) is 5.02 Å². The van der Waals surface area contributed by atoms with Gasteiger partial charge in [0.05, 0.1) is 12.1 Å². The van der Waals surface area contributed by atoms with Crippen molar-refractivity contribution in [2.75, 3.05) is 12.4 Å². The highest BCUT2D eigenvalue weighted by Crippen LogP contribution is 2.37. The number of hydrogen-bond acceptors (Lipinski definition) is 4. The molecule has 162 valence electrons. The van der Waals surface area contributed by atoms with Crippen LogP contribution in [-0.2, 0) is 11.4 Å². The van der Waals surface area contributed by atoms with Gasteiger partial charge in [0.15, 0.2) is 11.5 Å². The monoisotopic (exact) mass is 622 g/mol. The van der Waals surface area contributed by atoms with Crippen molar-refractivity contribution in [3.8, 4) is 17.6 Å². The number of methoxy groups -OCH3 is 1. The van der Waals surface area contributed by atoms with Gasteiger partial charge >= 0.3 is 0 Å². The minimum atomic E-state index is -0.528. The summed E-state index contributed by atoms with van der Waals surface area (Å²) in [5, 5.41) is 12.5. The Balaban J connectivity index is 1.81. The third-order valence-electron chi connectivity index (χ3n) is 4.31. The van der Waals surface area contributed by atoms with Gasteiger partial charge in [-0.2, -0.15) is 5.26 Å². The number of ether oxygens (including phenoxy) is 2. The predicted octanol–water partition coefficient (Wildman–Crippen LogP) is 6.84. The number of halogens is 3. The SMILES string of the molecule is COc1cc(/C=C(/C#N)C(=O)Nc2cccc(Br)c2)cc(Cl)c1OCc1ccc(I)cc1. The standard InChI is InChI=1S/C24H17BrClIN2O3/c1-31-22-11-16(9-17(13-28)24(30)29-20-4-2-3-18(25)12-20)10-21(26)23(22)32-14-15-5-7-19(27)8-6-15/h2-12H,14H2,1H3,(H,29,30)/b17-9-. The maximum Gasteiger partial charge on any atom is 0.266 e. The molecule has 1 N–H and O–H groups in total. The number of hydrogen-bond donors (Lipinski definition) is 1. The van der Waals surface area contributed by atoms with Gasteiger partial charge in [-0.25, -0.2) is 0 Å². The highest BCUT2D eigenvalue weighted by atomic mass is 127. The molecule has 0 unspecified atom stereocenters. The lowest BCUT2D eigenvalue weighted by atomic mass is 10.1. The van der Waals surface area contributed by atoms with Crippen LogP contribution >= 0.6 is 50.1 Å². The van der Waals surface area contributed by atoms with Crippen LogP contribution in [0.5, 0.6) is 11.5 Å². The molecule has 1 amide bonds. The van der Waals surface area contributed by atoms with E-state index in [1.54, 1.807) is 30.3 Å². The Bertz CT molecular complexity index is 1210. The zero-order chi connectivity index (χ0) is 23.1. The van der Waals surface area contributed by atoms with Crippen molar-refractivity contribution in [2.45, 2.75) is 6.61 Å². The summed E-state index contributed by atoms with van der Waals surface area (Å²) in [4.78, 5) is 12.5. The average molecular weight is 624 g/mol. The van der Waals surface area contributed by atoms with Crippen molar-refractivity contribution >= 4 is 67.8 Å². The second-order valence-corrected chi connectivity index (χ2v) is 9.15. The third-order valence-corrected chi connectivity index (χ3v) is 5.80. The Labute approximate surface area is 213 Å². The van der Waals surface area contributed by atoms with E-state index in [0.717, 1.165) is 13.6 Å². The van der Waals surface area contributed by atoms with Gasteiger partial charge in [-0.3, -0.25) is 4.79 Å². The summed E-state index contributed by atoms with van der Waals surface area (Å²) in [7, 11) is 1.50. The molecule has 0 fully saturated rings. The van der Waals surface area contributed by atoms with Gasteiger partial charge in [-0.15, -0.1) is 0 Å². The molecule has 5 nitrogen and oxygen atoms in total. The van der Waals surface area contributed by atoms with E-state index in [1.807, 2.05) is 36.4 Å². The minimum Gasteiger partial charge on any atom is -0.493 e. The molecule has 0 aromatic heterocycles. The molecular weight excluding hydrogens is 607 g/mol. The molecule has 0 aliphatic carbocycles. The molecule has 0 saturated heterocycles. The number of benzene rings is 3. The zero-order valence-corrected chi connectivity index (χ0v) is 21.4. The van der Waals surface area contributed by atoms with E-state index in [-0.39, 0.29) is 5.57 Å². The first-order valence-corrected chi connectivity index (χ1v) is 11.6. The lowest BCUT2D eigenvalue weighted by Crippen LogP contribution is -2.13. The summed E-state index contributed by atoms with van der Waals surface area (Å²) in [6.45, 7) is 0.320. The Hall–Kier alpha value is -2.54. The fraction of sp³-hybridized carbons (Fsp3) is 0.0833. The van der Waals surface area contributed by atoms with Crippen molar-refractivity contribution in [3.63, 3.8) is 0 Å². The molecule has 0 atom stereocenters. The summed E-state index contributed by atoms with van der Waals surface area (Å²) >= 11 is 12.0. The molecule has 3 aromatic rings. The molecule has 0 radical (unpaired) electrons. The van der Waals surface area contributed by atoms with Crippen molar-refractivity contribution in [1.82, 2.24) is 0 Å². The predicted molar refractivity (Wildman–Crippen MR) is 138 cm³/mol. The number of nitriles is 1. The zero-order valence-electron chi connectivity index (χ0n) is 16.9. The van der Waals surface area contributed by atoms with Gasteiger partial charge < -0.3 is 14.8 Å². The Kier molecular flexibility index (Phi) is 8.56. The third kappa shape index (κ3) is 6.48. The summed E-state index contributed by atoms with van der Waals surface area (Å²) in [5.41, 5.74) is 2.02. The van der Waals surface area contributed by atoms with Crippen LogP contribution in [0.25, 0.3) is 6.08 Å². The minimum absolute atomic E-state index is 0.0735. The molecule has 0 bridgehead atoms. The molecule has 3 rings (SSSR count). The first kappa shape index (κ1) is 24.1. The normalized spacial score (nSPS) is 10.9. The van der Waals surface area contributed by atoms with E-state index >= 15 is 0 Å². The second-order valence-electron chi connectivity index (χ2n) is 6.58. The van der Waals surface area contributed by atoms with Crippen LogP contribution in [0, 0.1) is 14.9 Å². The smallest absolute Gasteiger partial charge is 0.266 e. The van der Waals surface area contributed by atoms with Gasteiger partial charge in [0.25, 0.3) is 5.91 Å². The summed E-state index contributed by atoms with van der Waals surface area (Å²) in [6, 6.07) is 20.3. The molecule has 0 saturated carbocycles. The first-order chi connectivity index (χ1) is 15.4. The van der Waals surface area contributed by atoms with Crippen LogP contribution in [-0.4, -0.2) is 13.0 Å². The maximum absolute atomic E-state index is 12.5. The topological polar surface area (TPSA) is 71.3 Å². The molecule has 3 aromatic carbocycles. The highest BCUT2D eigenvalue weighted by Gasteiger charge is 2.15. The number of rotatable bonds is 7. The molecular formula is C24H17BrClIN2O3. The van der Waals surface area contributed by atoms with E-state index in [9.17, 15) is 10.1 Å². The van der Waals surface area contributed by atoms with E-state index < -0.39 is 5.91 Å². The number of anilines is 1. The van der Waals surface area contributed by atoms with Crippen molar-refractivity contribution in [3.05, 3.63) is 90.4 Å². The van der Waals surface area contributed by atoms with Crippen LogP contribution in [0.3, 0.4) is 0 Å². The van der Waals surface area contributed by atoms with E-state index in [2.05, 4.69) is 43.8 Å². The molecule has 0 spiro atoms. The number of amides is 1. The van der Waals surface area contributed by atoms with Crippen molar-refractivity contribution in [1.29, 1.82) is 5.26 Å². The highest BCUT2D eigenvalue weighted by molar-refractivity contribution is 14.1. The van der Waals surface area contributed by atoms with Gasteiger partial charge in [-0.1, -0.05) is 45.7 Å². The van der Waals surface area contributed by atoms with Crippen molar-refractivity contribution < 1.29 is 14.3 Å². The van der Waals surface area contributed by atoms with E-state index in [1.165, 1.54) is 13.2 Å². The van der Waals surface area contributed by atoms with Crippen LogP contribution < -0.4 is 14.8 Å². The van der Waals surface area contributed by atoms with Gasteiger partial charge in [0, 0.05) is 13.7 Å². The Morgan fingerprint density at radius 3 is 2.62 bits per heavy atom. The number of nitrogens with one attached hydrogen (secondary N) is 1. The van der Waals surface area contributed by atoms with Crippen LogP contribution in [0.1, 0.15) is 11.1 Å². The van der Waals surface area contributed by atoms with E-state index in [0.29, 0.717) is 34.4 Å². The number of carbonyl (C=O) groups is 1. The molecule has 8 heteroatoms. The fourth-order valence-electron chi connectivity index (χ4n) is 2.78. The summed E-state index contributed by atoms with van der Waals surface area (Å²) < 4.78 is 13.3. The van der Waals surface area contributed by atoms with Gasteiger partial charge in [0.1, 0.15) is 18.2 Å². The average Bonchev–Trinajstić information content (AvgIpc) is 2.77.